The molecule has 0 unspecified atom stereocenters. The van der Waals surface area contributed by atoms with Crippen molar-refractivity contribution in [3.8, 4) is 0 Å². The Bertz CT molecular complexity index is 2530. The van der Waals surface area contributed by atoms with Crippen molar-refractivity contribution in [1.29, 1.82) is 0 Å². The molecule has 0 bridgehead atoms. The quantitative estimate of drug-likeness (QED) is 0.0652. The summed E-state index contributed by atoms with van der Waals surface area (Å²) < 4.78 is 452. The molecule has 6 aromatic carbocycles. The van der Waals surface area contributed by atoms with Gasteiger partial charge in [0.2, 0.25) is 0 Å². The second kappa shape index (κ2) is 17.2. The fourth-order valence-electron chi connectivity index (χ4n) is 7.48. The Balaban J connectivity index is 2.49. The van der Waals surface area contributed by atoms with Gasteiger partial charge in [0, 0.05) is 0 Å². The SMILES string of the molecule is Fc1c(F)c(F)[c]([Ge]([c]2c(F)c(F)c(F)c(F)c2F)([c]2c(F)c(F)c(F)c(F)c2F)[Sn]([c]2c(F)c(F)c(F)c(F)c2F)([c]2c(F)c(F)c(F)c(F)c2F)[c]2c(F)c(F)c(F)c(F)c2F)c(F)c1F. The molecule has 0 atom stereocenters. The van der Waals surface area contributed by atoms with E-state index in [-0.39, 0.29) is 0 Å². The van der Waals surface area contributed by atoms with E-state index >= 15 is 105 Å². The van der Waals surface area contributed by atoms with E-state index in [4.69, 9.17) is 0 Å². The van der Waals surface area contributed by atoms with Crippen molar-refractivity contribution in [2.24, 2.45) is 0 Å². The fraction of sp³-hybridized carbons (Fsp3) is 0. The summed E-state index contributed by atoms with van der Waals surface area (Å²) in [6, 6.07) is 0. The molecule has 0 aliphatic carbocycles. The second-order valence-corrected chi connectivity index (χ2v) is 49.7. The Labute approximate surface area is 355 Å². The van der Waals surface area contributed by atoms with Gasteiger partial charge in [-0.25, -0.2) is 0 Å². The molecule has 0 aliphatic heterocycles. The van der Waals surface area contributed by atoms with Crippen LogP contribution in [0.2, 0.25) is 0 Å². The average molecular weight is 1190 g/mol. The summed E-state index contributed by atoms with van der Waals surface area (Å²) in [5, 5.41) is 0. The molecule has 6 rings (SSSR count). The van der Waals surface area contributed by atoms with Crippen LogP contribution < -0.4 is 23.9 Å². The van der Waals surface area contributed by atoms with E-state index in [1.165, 1.54) is 0 Å². The van der Waals surface area contributed by atoms with Crippen LogP contribution in [0.1, 0.15) is 0 Å². The molecule has 0 spiro atoms. The molecule has 0 nitrogen and oxygen atoms in total. The van der Waals surface area contributed by atoms with Crippen molar-refractivity contribution >= 4 is 49.9 Å². The Morgan fingerprint density at radius 2 is 0.250 bits per heavy atom. The molecule has 0 aromatic heterocycles. The van der Waals surface area contributed by atoms with E-state index in [0.29, 0.717) is 0 Å². The molecule has 0 amide bonds. The predicted octanol–water partition coefficient (Wildman–Crippen LogP) is 8.58. The third-order valence-electron chi connectivity index (χ3n) is 10.1. The van der Waals surface area contributed by atoms with Crippen LogP contribution in [0.5, 0.6) is 0 Å². The number of benzene rings is 6. The fourth-order valence-corrected chi connectivity index (χ4v) is 81.4. The van der Waals surface area contributed by atoms with Crippen molar-refractivity contribution in [2.75, 3.05) is 0 Å². The van der Waals surface area contributed by atoms with Gasteiger partial charge in [-0.15, -0.1) is 0 Å². The zero-order valence-electron chi connectivity index (χ0n) is 30.3. The van der Waals surface area contributed by atoms with Gasteiger partial charge in [-0.1, -0.05) is 0 Å². The number of hydrogen-bond acceptors (Lipinski definition) is 0. The first kappa shape index (κ1) is 51.9. The van der Waals surface area contributed by atoms with E-state index in [1.807, 2.05) is 0 Å². The molecule has 6 aromatic rings. The standard InChI is InChI=1S/C18F15Ge.3C6F5.Sn/c19-1-4(22)10(28)16(11(29)5(1)23)34(17-12(30)6(24)2(20)7(25)13(17)31)18-14(32)8(26)3(21)9(27)15(18)33;3*7-2-1-3(8)5(10)6(11)4(2)9;. The summed E-state index contributed by atoms with van der Waals surface area (Å²) in [7, 11) is -11.7. The van der Waals surface area contributed by atoms with E-state index in [9.17, 15) is 26.3 Å². The molecular weight excluding hydrogens is 1190 g/mol. The van der Waals surface area contributed by atoms with Crippen molar-refractivity contribution in [3.63, 3.8) is 0 Å². The molecule has 0 saturated heterocycles. The van der Waals surface area contributed by atoms with Gasteiger partial charge in [0.05, 0.1) is 0 Å². The molecule has 0 aliphatic rings. The van der Waals surface area contributed by atoms with Crippen molar-refractivity contribution in [3.05, 3.63) is 175 Å². The van der Waals surface area contributed by atoms with Crippen molar-refractivity contribution in [2.45, 2.75) is 0 Å². The van der Waals surface area contributed by atoms with Gasteiger partial charge in [0.15, 0.2) is 0 Å². The number of hydrogen-bond donors (Lipinski definition) is 0. The molecular formula is C36F30GeSn. The van der Waals surface area contributed by atoms with Crippen LogP contribution in [-0.2, 0) is 0 Å². The number of rotatable bonds is 7. The van der Waals surface area contributed by atoms with Crippen molar-refractivity contribution in [1.82, 2.24) is 0 Å². The Morgan fingerprint density at radius 1 is 0.147 bits per heavy atom. The van der Waals surface area contributed by atoms with Crippen LogP contribution in [0.3, 0.4) is 0 Å². The third kappa shape index (κ3) is 6.38. The first-order valence-corrected chi connectivity index (χ1v) is 32.3. The molecule has 362 valence electrons. The average Bonchev–Trinajstić information content (AvgIpc) is 3.30. The zero-order valence-corrected chi connectivity index (χ0v) is 35.3. The molecule has 0 fully saturated rings. The molecule has 0 N–H and O–H groups in total. The summed E-state index contributed by atoms with van der Waals surface area (Å²) in [6.45, 7) is 0. The van der Waals surface area contributed by atoms with Gasteiger partial charge in [-0.3, -0.25) is 0 Å². The minimum absolute atomic E-state index is 3.87. The second-order valence-electron chi connectivity index (χ2n) is 13.2. The van der Waals surface area contributed by atoms with Crippen LogP contribution in [0.15, 0.2) is 0 Å². The van der Waals surface area contributed by atoms with E-state index in [1.54, 1.807) is 0 Å². The van der Waals surface area contributed by atoms with Gasteiger partial charge in [0.25, 0.3) is 0 Å². The topological polar surface area (TPSA) is 0 Å². The number of halogens is 30. The van der Waals surface area contributed by atoms with Crippen LogP contribution in [0.4, 0.5) is 132 Å². The van der Waals surface area contributed by atoms with Gasteiger partial charge >= 0.3 is 356 Å². The maximum atomic E-state index is 16.9. The van der Waals surface area contributed by atoms with Gasteiger partial charge < -0.3 is 0 Å². The first-order chi connectivity index (χ1) is 31.3. The van der Waals surface area contributed by atoms with Gasteiger partial charge in [-0.05, 0) is 0 Å². The van der Waals surface area contributed by atoms with E-state index in [2.05, 4.69) is 0 Å². The summed E-state index contributed by atoms with van der Waals surface area (Å²) in [4.78, 5) is 0. The normalized spacial score (nSPS) is 12.3. The predicted molar refractivity (Wildman–Crippen MR) is 167 cm³/mol. The summed E-state index contributed by atoms with van der Waals surface area (Å²) in [5.41, 5.74) is 0. The summed E-state index contributed by atoms with van der Waals surface area (Å²) in [6.07, 6.45) is 0. The maximum absolute atomic E-state index is 16.9. The molecule has 0 heterocycles. The van der Waals surface area contributed by atoms with Crippen LogP contribution >= 0.6 is 0 Å². The van der Waals surface area contributed by atoms with Crippen molar-refractivity contribution < 1.29 is 132 Å². The van der Waals surface area contributed by atoms with Gasteiger partial charge in [0.1, 0.15) is 0 Å². The van der Waals surface area contributed by atoms with Gasteiger partial charge in [-0.2, -0.15) is 0 Å². The minimum atomic E-state index is -12.2. The van der Waals surface area contributed by atoms with E-state index in [0.717, 1.165) is 0 Å². The Hall–Kier alpha value is -5.44. The van der Waals surface area contributed by atoms with E-state index < -0.39 is 224 Å². The Kier molecular flexibility index (Phi) is 13.1. The van der Waals surface area contributed by atoms with Crippen LogP contribution in [0, 0.1) is 175 Å². The molecule has 68 heavy (non-hydrogen) atoms. The summed E-state index contributed by atoms with van der Waals surface area (Å²) in [5.74, 6) is -127. The Morgan fingerprint density at radius 3 is 0.382 bits per heavy atom. The molecule has 32 heteroatoms. The first-order valence-electron chi connectivity index (χ1n) is 16.4. The molecule has 0 saturated carbocycles. The molecule has 0 radical (unpaired) electrons. The third-order valence-corrected chi connectivity index (χ3v) is 68.5. The van der Waals surface area contributed by atoms with Crippen LogP contribution in [0.25, 0.3) is 0 Å². The summed E-state index contributed by atoms with van der Waals surface area (Å²) >= 11 is -12.2. The monoisotopic (exact) mass is 1200 g/mol. The zero-order chi connectivity index (χ0) is 51.8. The van der Waals surface area contributed by atoms with Crippen LogP contribution in [-0.4, -0.2) is 26.0 Å².